The van der Waals surface area contributed by atoms with Gasteiger partial charge in [-0.1, -0.05) is 29.3 Å². The first-order valence-electron chi connectivity index (χ1n) is 6.02. The quantitative estimate of drug-likeness (QED) is 0.906. The van der Waals surface area contributed by atoms with Crippen molar-refractivity contribution in [2.45, 2.75) is 18.4 Å². The number of aliphatic hydroxyl groups excluding tert-OH is 1. The van der Waals surface area contributed by atoms with Gasteiger partial charge < -0.3 is 5.11 Å². The van der Waals surface area contributed by atoms with Crippen molar-refractivity contribution >= 4 is 27.3 Å². The Balaban J connectivity index is 2.40. The maximum atomic E-state index is 13.6. The summed E-state index contributed by atoms with van der Waals surface area (Å²) in [4.78, 5) is -0.297. The number of hydrogen-bond acceptors (Lipinski definition) is 3. The van der Waals surface area contributed by atoms with Gasteiger partial charge in [0.25, 0.3) is 10.0 Å². The highest BCUT2D eigenvalue weighted by Gasteiger charge is 2.19. The topological polar surface area (TPSA) is 66.4 Å². The smallest absolute Gasteiger partial charge is 0.262 e. The number of sulfonamides is 1. The van der Waals surface area contributed by atoms with Gasteiger partial charge >= 0.3 is 0 Å². The summed E-state index contributed by atoms with van der Waals surface area (Å²) in [6.45, 7) is 1.32. The third-order valence-corrected chi connectivity index (χ3v) is 4.65. The van der Waals surface area contributed by atoms with Crippen LogP contribution >= 0.6 is 11.6 Å². The van der Waals surface area contributed by atoms with Crippen molar-refractivity contribution in [2.24, 2.45) is 0 Å². The Morgan fingerprint density at radius 3 is 2.43 bits per heavy atom. The van der Waals surface area contributed by atoms with Gasteiger partial charge in [0.1, 0.15) is 5.82 Å². The lowest BCUT2D eigenvalue weighted by atomic mass is 10.2. The second-order valence-corrected chi connectivity index (χ2v) is 6.57. The molecule has 0 aromatic heterocycles. The molecule has 2 aromatic rings. The first kappa shape index (κ1) is 15.8. The van der Waals surface area contributed by atoms with Crippen molar-refractivity contribution < 1.29 is 17.9 Å². The largest absolute Gasteiger partial charge is 0.392 e. The predicted octanol–water partition coefficient (Wildman–Crippen LogP) is 3.08. The van der Waals surface area contributed by atoms with E-state index in [2.05, 4.69) is 4.72 Å². The molecule has 21 heavy (non-hydrogen) atoms. The van der Waals surface area contributed by atoms with Gasteiger partial charge in [0.05, 0.1) is 16.5 Å². The van der Waals surface area contributed by atoms with E-state index in [0.717, 1.165) is 17.7 Å². The van der Waals surface area contributed by atoms with E-state index in [1.165, 1.54) is 0 Å². The molecule has 0 fully saturated rings. The molecule has 0 atom stereocenters. The summed E-state index contributed by atoms with van der Waals surface area (Å²) in [5, 5.41) is 8.80. The summed E-state index contributed by atoms with van der Waals surface area (Å²) in [5.41, 5.74) is 1.36. The lowest BCUT2D eigenvalue weighted by Crippen LogP contribution is -2.14. The Morgan fingerprint density at radius 2 is 1.86 bits per heavy atom. The molecule has 0 radical (unpaired) electrons. The highest BCUT2D eigenvalue weighted by atomic mass is 35.5. The van der Waals surface area contributed by atoms with E-state index in [4.69, 9.17) is 16.7 Å². The number of halogens is 2. The van der Waals surface area contributed by atoms with E-state index in [1.54, 1.807) is 24.3 Å². The van der Waals surface area contributed by atoms with Gasteiger partial charge in [-0.3, -0.25) is 4.72 Å². The van der Waals surface area contributed by atoms with Crippen molar-refractivity contribution in [1.29, 1.82) is 0 Å². The minimum absolute atomic E-state index is 0.0148. The summed E-state index contributed by atoms with van der Waals surface area (Å²) in [6, 6.07) is 8.66. The SMILES string of the molecule is Cc1ccc(NS(=O)(=O)c2cc(F)c(Cl)c(CO)c2)cc1. The molecule has 112 valence electrons. The van der Waals surface area contributed by atoms with Crippen LogP contribution in [-0.2, 0) is 16.6 Å². The summed E-state index contributed by atoms with van der Waals surface area (Å²) in [7, 11) is -3.96. The normalized spacial score (nSPS) is 11.4. The molecule has 2 rings (SSSR count). The zero-order chi connectivity index (χ0) is 15.6. The van der Waals surface area contributed by atoms with E-state index < -0.39 is 22.4 Å². The van der Waals surface area contributed by atoms with Crippen LogP contribution < -0.4 is 4.72 Å². The van der Waals surface area contributed by atoms with Crippen molar-refractivity contribution in [3.63, 3.8) is 0 Å². The molecule has 0 aliphatic carbocycles. The van der Waals surface area contributed by atoms with Crippen molar-refractivity contribution in [2.75, 3.05) is 4.72 Å². The van der Waals surface area contributed by atoms with E-state index in [1.807, 2.05) is 6.92 Å². The summed E-state index contributed by atoms with van der Waals surface area (Å²) in [6.07, 6.45) is 0. The first-order chi connectivity index (χ1) is 9.83. The van der Waals surface area contributed by atoms with Crippen molar-refractivity contribution in [1.82, 2.24) is 0 Å². The molecule has 0 aliphatic heterocycles. The third-order valence-electron chi connectivity index (χ3n) is 2.86. The fourth-order valence-corrected chi connectivity index (χ4v) is 3.01. The Labute approximate surface area is 127 Å². The highest BCUT2D eigenvalue weighted by Crippen LogP contribution is 2.25. The van der Waals surface area contributed by atoms with Crippen LogP contribution in [0.2, 0.25) is 5.02 Å². The number of aryl methyl sites for hydroxylation is 1. The summed E-state index contributed by atoms with van der Waals surface area (Å²) < 4.78 is 40.4. The molecule has 0 heterocycles. The lowest BCUT2D eigenvalue weighted by Gasteiger charge is -2.10. The number of anilines is 1. The highest BCUT2D eigenvalue weighted by molar-refractivity contribution is 7.92. The number of nitrogens with one attached hydrogen (secondary N) is 1. The molecule has 0 aliphatic rings. The van der Waals surface area contributed by atoms with Crippen LogP contribution in [-0.4, -0.2) is 13.5 Å². The van der Waals surface area contributed by atoms with Crippen LogP contribution in [0.4, 0.5) is 10.1 Å². The second kappa shape index (κ2) is 6.01. The first-order valence-corrected chi connectivity index (χ1v) is 7.88. The van der Waals surface area contributed by atoms with Crippen LogP contribution in [0.5, 0.6) is 0 Å². The van der Waals surface area contributed by atoms with E-state index in [9.17, 15) is 12.8 Å². The van der Waals surface area contributed by atoms with E-state index in [-0.39, 0.29) is 15.5 Å². The van der Waals surface area contributed by atoms with Crippen molar-refractivity contribution in [3.8, 4) is 0 Å². The molecule has 0 amide bonds. The summed E-state index contributed by atoms with van der Waals surface area (Å²) in [5.74, 6) is -0.896. The molecule has 0 saturated heterocycles. The number of aliphatic hydroxyl groups is 1. The fraction of sp³-hybridized carbons (Fsp3) is 0.143. The maximum absolute atomic E-state index is 13.6. The molecule has 0 bridgehead atoms. The summed E-state index contributed by atoms with van der Waals surface area (Å²) >= 11 is 5.64. The second-order valence-electron chi connectivity index (χ2n) is 4.51. The van der Waals surface area contributed by atoms with Crippen LogP contribution in [0.1, 0.15) is 11.1 Å². The molecule has 0 spiro atoms. The molecule has 0 unspecified atom stereocenters. The van der Waals surface area contributed by atoms with Crippen molar-refractivity contribution in [3.05, 3.63) is 58.4 Å². The number of rotatable bonds is 4. The van der Waals surface area contributed by atoms with E-state index >= 15 is 0 Å². The lowest BCUT2D eigenvalue weighted by molar-refractivity contribution is 0.281. The molecular formula is C14H13ClFNO3S. The molecule has 7 heteroatoms. The van der Waals surface area contributed by atoms with Crippen LogP contribution in [0, 0.1) is 12.7 Å². The molecule has 2 aromatic carbocycles. The fourth-order valence-electron chi connectivity index (χ4n) is 1.72. The Kier molecular flexibility index (Phi) is 4.51. The molecule has 0 saturated carbocycles. The molecule has 2 N–H and O–H groups in total. The van der Waals surface area contributed by atoms with Gasteiger partial charge in [-0.25, -0.2) is 12.8 Å². The average molecular weight is 330 g/mol. The third kappa shape index (κ3) is 3.53. The number of hydrogen-bond donors (Lipinski definition) is 2. The minimum atomic E-state index is -3.96. The molecular weight excluding hydrogens is 317 g/mol. The zero-order valence-corrected chi connectivity index (χ0v) is 12.7. The van der Waals surface area contributed by atoms with Gasteiger partial charge in [0.15, 0.2) is 0 Å². The Morgan fingerprint density at radius 1 is 1.24 bits per heavy atom. The number of benzene rings is 2. The Bertz CT molecular complexity index is 761. The van der Waals surface area contributed by atoms with Gasteiger partial charge in [0.2, 0.25) is 0 Å². The van der Waals surface area contributed by atoms with Gasteiger partial charge in [-0.2, -0.15) is 0 Å². The standard InChI is InChI=1S/C14H13ClFNO3S/c1-9-2-4-11(5-3-9)17-21(19,20)12-6-10(8-18)14(15)13(16)7-12/h2-7,17-18H,8H2,1H3. The van der Waals surface area contributed by atoms with Crippen LogP contribution in [0.25, 0.3) is 0 Å². The van der Waals surface area contributed by atoms with Gasteiger partial charge in [-0.05, 0) is 31.2 Å². The van der Waals surface area contributed by atoms with E-state index in [0.29, 0.717) is 5.69 Å². The predicted molar refractivity (Wildman–Crippen MR) is 79.3 cm³/mol. The average Bonchev–Trinajstić information content (AvgIpc) is 2.44. The van der Waals surface area contributed by atoms with Crippen LogP contribution in [0.3, 0.4) is 0 Å². The Hall–Kier alpha value is -1.63. The monoisotopic (exact) mass is 329 g/mol. The minimum Gasteiger partial charge on any atom is -0.392 e. The van der Waals surface area contributed by atoms with Gasteiger partial charge in [-0.15, -0.1) is 0 Å². The van der Waals surface area contributed by atoms with Gasteiger partial charge in [0, 0.05) is 11.3 Å². The maximum Gasteiger partial charge on any atom is 0.262 e. The zero-order valence-electron chi connectivity index (χ0n) is 11.1. The van der Waals surface area contributed by atoms with Crippen LogP contribution in [0.15, 0.2) is 41.3 Å². The molecule has 4 nitrogen and oxygen atoms in total.